The Morgan fingerprint density at radius 3 is 2.31 bits per heavy atom. The van der Waals surface area contributed by atoms with Gasteiger partial charge in [0.25, 0.3) is 0 Å². The summed E-state index contributed by atoms with van der Waals surface area (Å²) in [6, 6.07) is 10.8. The molecular formula is C29H41BrN2O4. The number of ether oxygens (including phenoxy) is 1. The third-order valence-corrected chi connectivity index (χ3v) is 5.55. The molecule has 0 radical (unpaired) electrons. The number of Topliss-reactive ketones (excluding diaryl/α,β-unsaturated/α-hetero) is 1. The van der Waals surface area contributed by atoms with E-state index in [9.17, 15) is 9.70 Å². The maximum absolute atomic E-state index is 12.8. The molecule has 6 nitrogen and oxygen atoms in total. The van der Waals surface area contributed by atoms with Gasteiger partial charge in [0.2, 0.25) is 0 Å². The van der Waals surface area contributed by atoms with E-state index >= 15 is 0 Å². The number of hydrogen-bond donors (Lipinski definition) is 2. The summed E-state index contributed by atoms with van der Waals surface area (Å²) in [5, 5.41) is 11.6. The van der Waals surface area contributed by atoms with Crippen LogP contribution in [0.4, 0.5) is 5.69 Å². The van der Waals surface area contributed by atoms with E-state index in [2.05, 4.69) is 21.1 Å². The molecule has 0 spiro atoms. The normalized spacial score (nSPS) is 14.1. The topological polar surface area (TPSA) is 102 Å². The van der Waals surface area contributed by atoms with Crippen molar-refractivity contribution in [2.75, 3.05) is 13.2 Å². The van der Waals surface area contributed by atoms with Crippen molar-refractivity contribution < 1.29 is 14.6 Å². The number of ketones is 1. The van der Waals surface area contributed by atoms with Crippen LogP contribution in [0.15, 0.2) is 69.3 Å². The van der Waals surface area contributed by atoms with Crippen LogP contribution in [0.3, 0.4) is 0 Å². The van der Waals surface area contributed by atoms with Gasteiger partial charge in [-0.1, -0.05) is 61.8 Å². The lowest BCUT2D eigenvalue weighted by atomic mass is 9.94. The number of allylic oxidation sites excluding steroid dienone is 3. The summed E-state index contributed by atoms with van der Waals surface area (Å²) < 4.78 is 6.25. The fourth-order valence-electron chi connectivity index (χ4n) is 3.32. The molecule has 1 aliphatic rings. The van der Waals surface area contributed by atoms with Gasteiger partial charge < -0.3 is 15.6 Å². The van der Waals surface area contributed by atoms with E-state index in [4.69, 9.17) is 15.6 Å². The van der Waals surface area contributed by atoms with Crippen LogP contribution in [-0.2, 0) is 0 Å². The summed E-state index contributed by atoms with van der Waals surface area (Å²) in [4.78, 5) is 22.9. The minimum atomic E-state index is -0.0309. The lowest BCUT2D eigenvalue weighted by molar-refractivity contribution is 0.103. The Morgan fingerprint density at radius 2 is 1.75 bits per heavy atom. The predicted octanol–water partition coefficient (Wildman–Crippen LogP) is 7.75. The Morgan fingerprint density at radius 1 is 1.08 bits per heavy atom. The molecule has 7 heteroatoms. The molecule has 3 rings (SSSR count). The summed E-state index contributed by atoms with van der Waals surface area (Å²) >= 11 is 3.24. The van der Waals surface area contributed by atoms with Crippen molar-refractivity contribution in [3.63, 3.8) is 0 Å². The molecule has 36 heavy (non-hydrogen) atoms. The second-order valence-corrected chi connectivity index (χ2v) is 8.52. The molecule has 0 amide bonds. The first kappa shape index (κ1) is 33.4. The second-order valence-electron chi connectivity index (χ2n) is 7.61. The molecule has 0 saturated heterocycles. The average molecular weight is 562 g/mol. The summed E-state index contributed by atoms with van der Waals surface area (Å²) in [5.41, 5.74) is 10.6. The van der Waals surface area contributed by atoms with Gasteiger partial charge in [-0.15, -0.1) is 4.91 Å². The highest BCUT2D eigenvalue weighted by molar-refractivity contribution is 9.10. The van der Waals surface area contributed by atoms with Gasteiger partial charge in [0.05, 0.1) is 6.61 Å². The highest BCUT2D eigenvalue weighted by Gasteiger charge is 2.18. The molecule has 0 aromatic heterocycles. The van der Waals surface area contributed by atoms with Gasteiger partial charge in [-0.25, -0.2) is 0 Å². The van der Waals surface area contributed by atoms with Crippen molar-refractivity contribution in [1.82, 2.24) is 0 Å². The summed E-state index contributed by atoms with van der Waals surface area (Å²) in [6.45, 7) is 13.9. The molecule has 1 aliphatic carbocycles. The minimum Gasteiger partial charge on any atom is -0.491 e. The van der Waals surface area contributed by atoms with E-state index in [-0.39, 0.29) is 25.0 Å². The van der Waals surface area contributed by atoms with E-state index in [1.807, 2.05) is 78.8 Å². The van der Waals surface area contributed by atoms with Crippen LogP contribution < -0.4 is 10.5 Å². The third kappa shape index (κ3) is 11.0. The first-order valence-corrected chi connectivity index (χ1v) is 13.2. The van der Waals surface area contributed by atoms with Gasteiger partial charge in [0.1, 0.15) is 18.0 Å². The molecule has 0 saturated carbocycles. The lowest BCUT2D eigenvalue weighted by Gasteiger charge is -2.11. The number of nitroso groups, excluding NO2 is 1. The highest BCUT2D eigenvalue weighted by Crippen LogP contribution is 2.25. The van der Waals surface area contributed by atoms with Crippen molar-refractivity contribution >= 4 is 27.4 Å². The van der Waals surface area contributed by atoms with Crippen LogP contribution in [0.25, 0.3) is 0 Å². The Hall–Kier alpha value is -2.61. The molecule has 3 N–H and O–H groups in total. The highest BCUT2D eigenvalue weighted by atomic mass is 79.9. The minimum absolute atomic E-state index is 0.0110. The van der Waals surface area contributed by atoms with Crippen LogP contribution in [0.5, 0.6) is 5.75 Å². The Balaban J connectivity index is 0.000000730. The maximum Gasteiger partial charge on any atom is 0.193 e. The average Bonchev–Trinajstić information content (AvgIpc) is 3.06. The second kappa shape index (κ2) is 18.6. The number of aryl methyl sites for hydroxylation is 2. The Labute approximate surface area is 224 Å². The maximum atomic E-state index is 12.8. The van der Waals surface area contributed by atoms with Gasteiger partial charge in [0.15, 0.2) is 5.78 Å². The quantitative estimate of drug-likeness (QED) is 0.277. The van der Waals surface area contributed by atoms with Crippen molar-refractivity contribution in [2.24, 2.45) is 10.9 Å². The van der Waals surface area contributed by atoms with Crippen LogP contribution in [0.1, 0.15) is 68.9 Å². The lowest BCUT2D eigenvalue weighted by Crippen LogP contribution is -2.16. The van der Waals surface area contributed by atoms with E-state index in [0.29, 0.717) is 17.0 Å². The number of carbonyl (C=O) groups excluding carboxylic acids is 1. The van der Waals surface area contributed by atoms with E-state index in [1.54, 1.807) is 18.2 Å². The number of carbonyl (C=O) groups is 1. The number of halogens is 1. The van der Waals surface area contributed by atoms with Crippen molar-refractivity contribution in [3.8, 4) is 5.75 Å². The zero-order valence-corrected chi connectivity index (χ0v) is 24.2. The molecule has 0 fully saturated rings. The third-order valence-electron chi connectivity index (χ3n) is 5.05. The molecule has 1 atom stereocenters. The zero-order chi connectivity index (χ0) is 27.7. The Kier molecular flexibility index (Phi) is 17.3. The van der Waals surface area contributed by atoms with Crippen LogP contribution in [0.2, 0.25) is 0 Å². The number of hydrogen-bond acceptors (Lipinski definition) is 6. The zero-order valence-electron chi connectivity index (χ0n) is 22.6. The van der Waals surface area contributed by atoms with Crippen LogP contribution in [-0.4, -0.2) is 30.1 Å². The van der Waals surface area contributed by atoms with Gasteiger partial charge in [-0.3, -0.25) is 4.79 Å². The number of nitrogens with zero attached hydrogens (tertiary/aromatic N) is 1. The number of aliphatic hydroxyl groups is 1. The summed E-state index contributed by atoms with van der Waals surface area (Å²) in [5.74, 6) is 0.682. The standard InChI is InChI=1S/C18H23NO3.C7H6BrNO.2C2H6/c1-12-10-14(19)4-3-5-16(12)18(21)17-7-6-15(11-13(17)2)22-9-8-20;1-5-2-3-6(8)4-7(5)9-10;2*1-2/h5-7,10-11,14,20H,3-4,8-9,19H2,1-2H3;2-4H,1H3;2*1-2H3. The monoisotopic (exact) mass is 560 g/mol. The first-order valence-electron chi connectivity index (χ1n) is 12.4. The van der Waals surface area contributed by atoms with Crippen LogP contribution in [0, 0.1) is 18.8 Å². The summed E-state index contributed by atoms with van der Waals surface area (Å²) in [7, 11) is 0. The molecule has 2 aromatic carbocycles. The SMILES string of the molecule is CC.CC.CC1=CC(N)CCC=C1C(=O)c1ccc(OCCO)cc1C.Cc1ccc(Br)cc1N=O. The number of nitrogens with two attached hydrogens (primary N) is 1. The summed E-state index contributed by atoms with van der Waals surface area (Å²) in [6.07, 6.45) is 5.62. The van der Waals surface area contributed by atoms with Gasteiger partial charge in [-0.2, -0.15) is 0 Å². The Bertz CT molecular complexity index is 1030. The molecular weight excluding hydrogens is 520 g/mol. The molecule has 0 heterocycles. The fraction of sp³-hybridized carbons (Fsp3) is 0.414. The van der Waals surface area contributed by atoms with Gasteiger partial charge >= 0.3 is 0 Å². The van der Waals surface area contributed by atoms with Crippen molar-refractivity contribution in [2.45, 2.75) is 67.3 Å². The number of aliphatic hydroxyl groups excluding tert-OH is 1. The molecule has 0 bridgehead atoms. The van der Waals surface area contributed by atoms with Crippen molar-refractivity contribution in [1.29, 1.82) is 0 Å². The van der Waals surface area contributed by atoms with Gasteiger partial charge in [-0.05, 0) is 85.8 Å². The van der Waals surface area contributed by atoms with E-state index < -0.39 is 0 Å². The molecule has 0 aliphatic heterocycles. The predicted molar refractivity (Wildman–Crippen MR) is 154 cm³/mol. The first-order chi connectivity index (χ1) is 17.3. The number of rotatable bonds is 6. The smallest absolute Gasteiger partial charge is 0.193 e. The molecule has 2 aromatic rings. The fourth-order valence-corrected chi connectivity index (χ4v) is 3.67. The van der Waals surface area contributed by atoms with Crippen molar-refractivity contribution in [3.05, 3.63) is 85.8 Å². The van der Waals surface area contributed by atoms with E-state index in [0.717, 1.165) is 39.6 Å². The largest absolute Gasteiger partial charge is 0.491 e. The van der Waals surface area contributed by atoms with E-state index in [1.165, 1.54) is 0 Å². The van der Waals surface area contributed by atoms with Gasteiger partial charge in [0, 0.05) is 21.7 Å². The van der Waals surface area contributed by atoms with Crippen LogP contribution >= 0.6 is 15.9 Å². The molecule has 1 unspecified atom stereocenters. The molecule has 198 valence electrons. The number of benzene rings is 2.